The van der Waals surface area contributed by atoms with Crippen LogP contribution in [0.15, 0.2) is 79.0 Å². The maximum Gasteiger partial charge on any atom is 0.340 e. The number of methoxy groups -OCH3 is 1. The third-order valence-electron chi connectivity index (χ3n) is 6.90. The van der Waals surface area contributed by atoms with E-state index in [2.05, 4.69) is 45.5 Å². The molecular weight excluding hydrogens is 450 g/mol. The monoisotopic (exact) mass is 481 g/mol. The summed E-state index contributed by atoms with van der Waals surface area (Å²) in [4.78, 5) is 31.0. The van der Waals surface area contributed by atoms with Gasteiger partial charge in [0.2, 0.25) is 5.91 Å². The van der Waals surface area contributed by atoms with Crippen molar-refractivity contribution < 1.29 is 14.3 Å². The first-order chi connectivity index (χ1) is 17.6. The number of aromatic nitrogens is 1. The maximum atomic E-state index is 13.4. The zero-order valence-corrected chi connectivity index (χ0v) is 20.5. The van der Waals surface area contributed by atoms with Gasteiger partial charge in [-0.3, -0.25) is 4.79 Å². The molecule has 5 rings (SSSR count). The minimum Gasteiger partial charge on any atom is -0.465 e. The molecule has 1 aromatic heterocycles. The number of piperidine rings is 1. The van der Waals surface area contributed by atoms with Gasteiger partial charge in [0, 0.05) is 41.4 Å². The number of para-hydroxylation sites is 1. The van der Waals surface area contributed by atoms with Crippen LogP contribution in [0.3, 0.4) is 0 Å². The fourth-order valence-corrected chi connectivity index (χ4v) is 5.09. The summed E-state index contributed by atoms with van der Waals surface area (Å²) in [5, 5.41) is 4.06. The second kappa shape index (κ2) is 10.7. The molecule has 0 saturated carbocycles. The predicted molar refractivity (Wildman–Crippen MR) is 142 cm³/mol. The van der Waals surface area contributed by atoms with E-state index < -0.39 is 5.97 Å². The molecule has 1 unspecified atom stereocenters. The molecular formula is C30H31N3O3. The Hall–Kier alpha value is -4.06. The Morgan fingerprint density at radius 3 is 2.50 bits per heavy atom. The number of H-pyrrole nitrogens is 1. The Labute approximate surface area is 211 Å². The Kier molecular flexibility index (Phi) is 7.03. The Balaban J connectivity index is 1.43. The highest BCUT2D eigenvalue weighted by molar-refractivity contribution is 6.04. The van der Waals surface area contributed by atoms with Crippen LogP contribution in [0.1, 0.15) is 52.4 Å². The van der Waals surface area contributed by atoms with E-state index in [1.54, 1.807) is 6.20 Å². The molecule has 2 heterocycles. The number of rotatable bonds is 7. The van der Waals surface area contributed by atoms with E-state index in [0.717, 1.165) is 40.7 Å². The molecule has 0 bridgehead atoms. The van der Waals surface area contributed by atoms with Gasteiger partial charge in [0.1, 0.15) is 0 Å². The average Bonchev–Trinajstić information content (AvgIpc) is 3.35. The molecule has 4 aromatic rings. The van der Waals surface area contributed by atoms with E-state index in [1.165, 1.54) is 32.1 Å². The number of esters is 1. The number of anilines is 1. The van der Waals surface area contributed by atoms with E-state index in [-0.39, 0.29) is 18.4 Å². The number of ether oxygens (including phenoxy) is 1. The van der Waals surface area contributed by atoms with Gasteiger partial charge < -0.3 is 19.9 Å². The van der Waals surface area contributed by atoms with Gasteiger partial charge in [-0.25, -0.2) is 4.79 Å². The number of amides is 1. The van der Waals surface area contributed by atoms with Crippen LogP contribution in [0.5, 0.6) is 0 Å². The van der Waals surface area contributed by atoms with Crippen LogP contribution in [0.2, 0.25) is 0 Å². The van der Waals surface area contributed by atoms with E-state index in [1.807, 2.05) is 42.5 Å². The molecule has 0 spiro atoms. The molecule has 2 N–H and O–H groups in total. The lowest BCUT2D eigenvalue weighted by Crippen LogP contribution is -2.34. The first-order valence-electron chi connectivity index (χ1n) is 12.5. The van der Waals surface area contributed by atoms with Gasteiger partial charge in [0.05, 0.1) is 25.1 Å². The van der Waals surface area contributed by atoms with Gasteiger partial charge in [-0.2, -0.15) is 0 Å². The van der Waals surface area contributed by atoms with E-state index in [4.69, 9.17) is 4.74 Å². The Morgan fingerprint density at radius 2 is 1.72 bits per heavy atom. The summed E-state index contributed by atoms with van der Waals surface area (Å²) in [6, 6.07) is 24.0. The summed E-state index contributed by atoms with van der Waals surface area (Å²) in [6.07, 6.45) is 5.48. The Bertz CT molecular complexity index is 1360. The number of nitrogens with one attached hydrogen (secondary N) is 2. The highest BCUT2D eigenvalue weighted by atomic mass is 16.5. The van der Waals surface area contributed by atoms with Crippen LogP contribution in [0.4, 0.5) is 5.69 Å². The quantitative estimate of drug-likeness (QED) is 0.347. The van der Waals surface area contributed by atoms with Crippen molar-refractivity contribution in [2.45, 2.75) is 31.7 Å². The van der Waals surface area contributed by atoms with Crippen molar-refractivity contribution in [1.29, 1.82) is 0 Å². The topological polar surface area (TPSA) is 74.4 Å². The number of hydrogen-bond donors (Lipinski definition) is 2. The molecule has 1 aliphatic heterocycles. The van der Waals surface area contributed by atoms with Crippen LogP contribution in [-0.4, -0.2) is 37.1 Å². The molecule has 3 aromatic carbocycles. The molecule has 6 heteroatoms. The zero-order valence-electron chi connectivity index (χ0n) is 20.5. The predicted octanol–water partition coefficient (Wildman–Crippen LogP) is 5.39. The minimum atomic E-state index is -0.402. The van der Waals surface area contributed by atoms with Gasteiger partial charge in [-0.15, -0.1) is 0 Å². The molecule has 0 radical (unpaired) electrons. The third-order valence-corrected chi connectivity index (χ3v) is 6.90. The molecule has 184 valence electrons. The summed E-state index contributed by atoms with van der Waals surface area (Å²) in [7, 11) is 1.36. The van der Waals surface area contributed by atoms with Crippen molar-refractivity contribution in [3.05, 3.63) is 101 Å². The average molecular weight is 482 g/mol. The molecule has 36 heavy (non-hydrogen) atoms. The normalized spacial score (nSPS) is 14.4. The second-order valence-corrected chi connectivity index (χ2v) is 9.27. The largest absolute Gasteiger partial charge is 0.465 e. The van der Waals surface area contributed by atoms with Crippen LogP contribution in [-0.2, 0) is 16.0 Å². The summed E-state index contributed by atoms with van der Waals surface area (Å²) < 4.78 is 4.89. The van der Waals surface area contributed by atoms with Gasteiger partial charge in [0.25, 0.3) is 0 Å². The first kappa shape index (κ1) is 23.7. The number of benzene rings is 3. The van der Waals surface area contributed by atoms with Crippen LogP contribution in [0, 0.1) is 0 Å². The molecule has 1 fully saturated rings. The summed E-state index contributed by atoms with van der Waals surface area (Å²) in [5.41, 5.74) is 5.46. The number of nitrogens with zero attached hydrogens (tertiary/aromatic N) is 1. The van der Waals surface area contributed by atoms with E-state index in [0.29, 0.717) is 5.56 Å². The van der Waals surface area contributed by atoms with E-state index in [9.17, 15) is 9.59 Å². The summed E-state index contributed by atoms with van der Waals surface area (Å²) in [6.45, 7) is 2.07. The van der Waals surface area contributed by atoms with Crippen LogP contribution < -0.4 is 10.2 Å². The standard InChI is InChI=1S/C30H31N3O3/c1-36-30(35)25-20-31-26-15-14-21(18-24(25)26)19-28(34)32-29(22-10-4-2-5-11-22)23-12-6-7-13-27(23)33-16-8-3-9-17-33/h2,4-7,10-15,18,20,29,31H,3,8-9,16-17,19H2,1H3,(H,32,34). The molecule has 1 atom stereocenters. The highest BCUT2D eigenvalue weighted by Crippen LogP contribution is 2.32. The van der Waals surface area contributed by atoms with Crippen molar-refractivity contribution in [2.24, 2.45) is 0 Å². The lowest BCUT2D eigenvalue weighted by molar-refractivity contribution is -0.120. The fourth-order valence-electron chi connectivity index (χ4n) is 5.09. The number of fused-ring (bicyclic) bond motifs is 1. The van der Waals surface area contributed by atoms with Crippen LogP contribution >= 0.6 is 0 Å². The van der Waals surface area contributed by atoms with Crippen LogP contribution in [0.25, 0.3) is 10.9 Å². The van der Waals surface area contributed by atoms with Crippen molar-refractivity contribution >= 4 is 28.5 Å². The number of aromatic amines is 1. The third kappa shape index (κ3) is 4.98. The highest BCUT2D eigenvalue weighted by Gasteiger charge is 2.23. The molecule has 1 aliphatic rings. The smallest absolute Gasteiger partial charge is 0.340 e. The van der Waals surface area contributed by atoms with Gasteiger partial charge in [-0.05, 0) is 48.6 Å². The van der Waals surface area contributed by atoms with Crippen molar-refractivity contribution in [3.8, 4) is 0 Å². The lowest BCUT2D eigenvalue weighted by atomic mass is 9.95. The summed E-state index contributed by atoms with van der Waals surface area (Å²) in [5.74, 6) is -0.479. The number of hydrogen-bond acceptors (Lipinski definition) is 4. The maximum absolute atomic E-state index is 13.4. The SMILES string of the molecule is COC(=O)c1c[nH]c2ccc(CC(=O)NC(c3ccccc3)c3ccccc3N3CCCCC3)cc12. The molecule has 0 aliphatic carbocycles. The number of carbonyl (C=O) groups is 2. The van der Waals surface area contributed by atoms with E-state index >= 15 is 0 Å². The molecule has 1 amide bonds. The van der Waals surface area contributed by atoms with Gasteiger partial charge in [-0.1, -0.05) is 54.6 Å². The second-order valence-electron chi connectivity index (χ2n) is 9.27. The van der Waals surface area contributed by atoms with Crippen molar-refractivity contribution in [3.63, 3.8) is 0 Å². The van der Waals surface area contributed by atoms with Gasteiger partial charge >= 0.3 is 5.97 Å². The zero-order chi connectivity index (χ0) is 24.9. The minimum absolute atomic E-state index is 0.0770. The molecule has 1 saturated heterocycles. The summed E-state index contributed by atoms with van der Waals surface area (Å²) >= 11 is 0. The first-order valence-corrected chi connectivity index (χ1v) is 12.5. The van der Waals surface area contributed by atoms with Crippen molar-refractivity contribution in [2.75, 3.05) is 25.1 Å². The van der Waals surface area contributed by atoms with Gasteiger partial charge in [0.15, 0.2) is 0 Å². The fraction of sp³-hybridized carbons (Fsp3) is 0.267. The molecule has 6 nitrogen and oxygen atoms in total. The van der Waals surface area contributed by atoms with Crippen molar-refractivity contribution in [1.82, 2.24) is 10.3 Å². The Morgan fingerprint density at radius 1 is 0.972 bits per heavy atom. The lowest BCUT2D eigenvalue weighted by Gasteiger charge is -2.33. The number of carbonyl (C=O) groups excluding carboxylic acids is 2.